The number of thiocarbonyl (C=S) groups is 1. The summed E-state index contributed by atoms with van der Waals surface area (Å²) in [7, 11) is 0. The first kappa shape index (κ1) is 10.7. The Bertz CT molecular complexity index is 165. The van der Waals surface area contributed by atoms with Gasteiger partial charge < -0.3 is 15.0 Å². The summed E-state index contributed by atoms with van der Waals surface area (Å²) in [4.78, 5) is 2.18. The minimum Gasteiger partial charge on any atom is -0.380 e. The van der Waals surface area contributed by atoms with E-state index in [2.05, 4.69) is 24.1 Å². The average molecular weight is 202 g/mol. The quantitative estimate of drug-likeness (QED) is 0.641. The molecule has 0 spiro atoms. The van der Waals surface area contributed by atoms with Gasteiger partial charge in [0.15, 0.2) is 5.11 Å². The van der Waals surface area contributed by atoms with Gasteiger partial charge in [0.2, 0.25) is 0 Å². The Morgan fingerprint density at radius 2 is 2.15 bits per heavy atom. The van der Waals surface area contributed by atoms with Crippen LogP contribution in [-0.2, 0) is 4.74 Å². The lowest BCUT2D eigenvalue weighted by Crippen LogP contribution is -2.43. The van der Waals surface area contributed by atoms with Crippen LogP contribution in [0.3, 0.4) is 0 Å². The third-order valence-electron chi connectivity index (χ3n) is 1.92. The zero-order chi connectivity index (χ0) is 9.68. The second-order valence-electron chi connectivity index (χ2n) is 3.56. The van der Waals surface area contributed by atoms with E-state index in [1.54, 1.807) is 0 Å². The predicted molar refractivity (Wildman–Crippen MR) is 57.9 cm³/mol. The standard InChI is InChI=1S/C9H18N2OS/c1-8(2)10-9(13)11-4-3-6-12-7-5-11/h8H,3-7H2,1-2H3,(H,10,13). The topological polar surface area (TPSA) is 24.5 Å². The molecule has 0 unspecified atom stereocenters. The van der Waals surface area contributed by atoms with Crippen molar-refractivity contribution in [3.63, 3.8) is 0 Å². The number of hydrogen-bond donors (Lipinski definition) is 1. The van der Waals surface area contributed by atoms with Gasteiger partial charge in [-0.2, -0.15) is 0 Å². The zero-order valence-electron chi connectivity index (χ0n) is 8.38. The summed E-state index contributed by atoms with van der Waals surface area (Å²) >= 11 is 5.27. The van der Waals surface area contributed by atoms with Crippen molar-refractivity contribution >= 4 is 17.3 Å². The lowest BCUT2D eigenvalue weighted by Gasteiger charge is -2.24. The van der Waals surface area contributed by atoms with E-state index >= 15 is 0 Å². The van der Waals surface area contributed by atoms with Gasteiger partial charge in [0, 0.05) is 25.7 Å². The van der Waals surface area contributed by atoms with Crippen molar-refractivity contribution < 1.29 is 4.74 Å². The molecule has 0 aromatic heterocycles. The van der Waals surface area contributed by atoms with Gasteiger partial charge >= 0.3 is 0 Å². The normalized spacial score (nSPS) is 18.5. The van der Waals surface area contributed by atoms with Crippen LogP contribution in [0, 0.1) is 0 Å². The molecule has 0 aromatic carbocycles. The second kappa shape index (κ2) is 5.40. The van der Waals surface area contributed by atoms with Crippen LogP contribution in [0.25, 0.3) is 0 Å². The van der Waals surface area contributed by atoms with Crippen molar-refractivity contribution in [2.24, 2.45) is 0 Å². The van der Waals surface area contributed by atoms with Crippen LogP contribution in [0.1, 0.15) is 20.3 Å². The van der Waals surface area contributed by atoms with Crippen molar-refractivity contribution in [3.8, 4) is 0 Å². The molecule has 1 N–H and O–H groups in total. The molecule has 1 rings (SSSR count). The first-order chi connectivity index (χ1) is 6.20. The van der Waals surface area contributed by atoms with Crippen molar-refractivity contribution in [1.82, 2.24) is 10.2 Å². The third-order valence-corrected chi connectivity index (χ3v) is 2.30. The monoisotopic (exact) mass is 202 g/mol. The SMILES string of the molecule is CC(C)NC(=S)N1CCCOCC1. The number of nitrogens with one attached hydrogen (secondary N) is 1. The maximum atomic E-state index is 5.35. The fourth-order valence-electron chi connectivity index (χ4n) is 1.29. The second-order valence-corrected chi connectivity index (χ2v) is 3.94. The van der Waals surface area contributed by atoms with Gasteiger partial charge in [0.25, 0.3) is 0 Å². The molecule has 4 heteroatoms. The maximum Gasteiger partial charge on any atom is 0.169 e. The number of rotatable bonds is 1. The molecule has 0 saturated carbocycles. The molecule has 1 heterocycles. The summed E-state index contributed by atoms with van der Waals surface area (Å²) in [5.41, 5.74) is 0. The van der Waals surface area contributed by atoms with E-state index < -0.39 is 0 Å². The molecule has 76 valence electrons. The van der Waals surface area contributed by atoms with E-state index in [1.807, 2.05) is 0 Å². The van der Waals surface area contributed by atoms with Crippen LogP contribution in [0.4, 0.5) is 0 Å². The van der Waals surface area contributed by atoms with Crippen molar-refractivity contribution in [3.05, 3.63) is 0 Å². The summed E-state index contributed by atoms with van der Waals surface area (Å²) < 4.78 is 5.35. The molecule has 0 aromatic rings. The van der Waals surface area contributed by atoms with E-state index in [4.69, 9.17) is 17.0 Å². The Morgan fingerprint density at radius 3 is 2.85 bits per heavy atom. The van der Waals surface area contributed by atoms with Crippen LogP contribution < -0.4 is 5.32 Å². The van der Waals surface area contributed by atoms with Crippen LogP contribution >= 0.6 is 12.2 Å². The first-order valence-corrected chi connectivity index (χ1v) is 5.24. The number of ether oxygens (including phenoxy) is 1. The number of hydrogen-bond acceptors (Lipinski definition) is 2. The van der Waals surface area contributed by atoms with Crippen molar-refractivity contribution in [2.75, 3.05) is 26.3 Å². The molecule has 1 aliphatic rings. The van der Waals surface area contributed by atoms with Gasteiger partial charge in [-0.25, -0.2) is 0 Å². The Kier molecular flexibility index (Phi) is 4.45. The van der Waals surface area contributed by atoms with Gasteiger partial charge in [0.05, 0.1) is 6.61 Å². The van der Waals surface area contributed by atoms with Crippen LogP contribution in [0.5, 0.6) is 0 Å². The summed E-state index contributed by atoms with van der Waals surface area (Å²) in [6.45, 7) is 7.78. The first-order valence-electron chi connectivity index (χ1n) is 4.83. The Labute approximate surface area is 85.4 Å². The molecule has 1 fully saturated rings. The van der Waals surface area contributed by atoms with Crippen molar-refractivity contribution in [2.45, 2.75) is 26.3 Å². The summed E-state index contributed by atoms with van der Waals surface area (Å²) in [5, 5.41) is 4.10. The molecule has 0 amide bonds. The van der Waals surface area contributed by atoms with Gasteiger partial charge in [0.1, 0.15) is 0 Å². The molecular formula is C9H18N2OS. The van der Waals surface area contributed by atoms with Crippen LogP contribution in [0.2, 0.25) is 0 Å². The Hall–Kier alpha value is -0.350. The molecule has 3 nitrogen and oxygen atoms in total. The van der Waals surface area contributed by atoms with Gasteiger partial charge in [-0.3, -0.25) is 0 Å². The van der Waals surface area contributed by atoms with Gasteiger partial charge in [-0.05, 0) is 32.5 Å². The lowest BCUT2D eigenvalue weighted by atomic mass is 10.4. The minimum atomic E-state index is 0.414. The Balaban J connectivity index is 2.35. The molecule has 0 bridgehead atoms. The fourth-order valence-corrected chi connectivity index (χ4v) is 1.71. The van der Waals surface area contributed by atoms with E-state index in [-0.39, 0.29) is 0 Å². The van der Waals surface area contributed by atoms with Gasteiger partial charge in [-0.15, -0.1) is 0 Å². The molecule has 0 radical (unpaired) electrons. The van der Waals surface area contributed by atoms with E-state index in [1.165, 1.54) is 0 Å². The summed E-state index contributed by atoms with van der Waals surface area (Å²) in [6.07, 6.45) is 1.07. The highest BCUT2D eigenvalue weighted by Crippen LogP contribution is 1.99. The predicted octanol–water partition coefficient (Wildman–Crippen LogP) is 0.992. The highest BCUT2D eigenvalue weighted by molar-refractivity contribution is 7.80. The molecule has 0 atom stereocenters. The molecule has 1 aliphatic heterocycles. The maximum absolute atomic E-state index is 5.35. The zero-order valence-corrected chi connectivity index (χ0v) is 9.19. The molecule has 1 saturated heterocycles. The lowest BCUT2D eigenvalue weighted by molar-refractivity contribution is 0.147. The van der Waals surface area contributed by atoms with Crippen LogP contribution in [0.15, 0.2) is 0 Å². The number of nitrogens with zero attached hydrogens (tertiary/aromatic N) is 1. The largest absolute Gasteiger partial charge is 0.380 e. The summed E-state index contributed by atoms with van der Waals surface area (Å²) in [6, 6.07) is 0.414. The third kappa shape index (κ3) is 3.91. The van der Waals surface area contributed by atoms with Crippen molar-refractivity contribution in [1.29, 1.82) is 0 Å². The van der Waals surface area contributed by atoms with E-state index in [0.29, 0.717) is 6.04 Å². The average Bonchev–Trinajstić information content (AvgIpc) is 2.29. The molecule has 0 aliphatic carbocycles. The summed E-state index contributed by atoms with van der Waals surface area (Å²) in [5.74, 6) is 0. The van der Waals surface area contributed by atoms with Crippen LogP contribution in [-0.4, -0.2) is 42.4 Å². The highest BCUT2D eigenvalue weighted by atomic mass is 32.1. The Morgan fingerprint density at radius 1 is 1.38 bits per heavy atom. The minimum absolute atomic E-state index is 0.414. The smallest absolute Gasteiger partial charge is 0.169 e. The molecular weight excluding hydrogens is 184 g/mol. The highest BCUT2D eigenvalue weighted by Gasteiger charge is 2.12. The van der Waals surface area contributed by atoms with E-state index in [9.17, 15) is 0 Å². The fraction of sp³-hybridized carbons (Fsp3) is 0.889. The van der Waals surface area contributed by atoms with Gasteiger partial charge in [-0.1, -0.05) is 0 Å². The van der Waals surface area contributed by atoms with E-state index in [0.717, 1.165) is 37.8 Å². The molecule has 13 heavy (non-hydrogen) atoms.